The van der Waals surface area contributed by atoms with Gasteiger partial charge in [0, 0.05) is 12.3 Å². The summed E-state index contributed by atoms with van der Waals surface area (Å²) in [6.45, 7) is 3.66. The maximum Gasteiger partial charge on any atom is 0.218 e. The van der Waals surface area contributed by atoms with Crippen LogP contribution in [0.5, 0.6) is 11.6 Å². The minimum absolute atomic E-state index is 0.527. The summed E-state index contributed by atoms with van der Waals surface area (Å²) in [4.78, 5) is 12.1. The molecule has 2 aromatic rings. The number of hydrogen-bond donors (Lipinski definition) is 1. The van der Waals surface area contributed by atoms with Crippen molar-refractivity contribution in [1.82, 2.24) is 15.0 Å². The Morgan fingerprint density at radius 2 is 2.21 bits per heavy atom. The number of hydrogen-bond acceptors (Lipinski definition) is 6. The van der Waals surface area contributed by atoms with Crippen molar-refractivity contribution in [1.29, 1.82) is 0 Å². The maximum atomic E-state index is 5.51. The Bertz CT molecular complexity index is 493. The molecule has 1 N–H and O–H groups in total. The van der Waals surface area contributed by atoms with E-state index in [4.69, 9.17) is 9.47 Å². The van der Waals surface area contributed by atoms with E-state index in [2.05, 4.69) is 20.3 Å². The zero-order valence-corrected chi connectivity index (χ0v) is 10.7. The average Bonchev–Trinajstić information content (AvgIpc) is 2.46. The monoisotopic (exact) mass is 260 g/mol. The first kappa shape index (κ1) is 13.1. The Kier molecular flexibility index (Phi) is 4.92. The van der Waals surface area contributed by atoms with Crippen LogP contribution in [0.4, 0.5) is 5.82 Å². The first-order chi connectivity index (χ1) is 9.38. The first-order valence-electron chi connectivity index (χ1n) is 6.10. The highest BCUT2D eigenvalue weighted by Crippen LogP contribution is 2.10. The molecule has 0 atom stereocenters. The van der Waals surface area contributed by atoms with Crippen LogP contribution in [-0.2, 0) is 0 Å². The maximum absolute atomic E-state index is 5.51. The lowest BCUT2D eigenvalue weighted by Crippen LogP contribution is -2.12. The van der Waals surface area contributed by atoms with Crippen molar-refractivity contribution in [2.45, 2.75) is 6.92 Å². The number of nitrogens with one attached hydrogen (secondary N) is 1. The summed E-state index contributed by atoms with van der Waals surface area (Å²) in [6.07, 6.45) is 4.86. The van der Waals surface area contributed by atoms with Crippen molar-refractivity contribution in [3.8, 4) is 11.6 Å². The van der Waals surface area contributed by atoms with Gasteiger partial charge in [-0.2, -0.15) is 0 Å². The normalized spacial score (nSPS) is 9.95. The van der Waals surface area contributed by atoms with Crippen molar-refractivity contribution >= 4 is 5.82 Å². The van der Waals surface area contributed by atoms with Crippen LogP contribution >= 0.6 is 0 Å². The van der Waals surface area contributed by atoms with Gasteiger partial charge in [0.25, 0.3) is 0 Å². The highest BCUT2D eigenvalue weighted by molar-refractivity contribution is 5.36. The minimum atomic E-state index is 0.527. The summed E-state index contributed by atoms with van der Waals surface area (Å²) in [5.41, 5.74) is 0. The number of aromatic nitrogens is 3. The van der Waals surface area contributed by atoms with Crippen LogP contribution in [0.3, 0.4) is 0 Å². The van der Waals surface area contributed by atoms with Gasteiger partial charge < -0.3 is 14.8 Å². The highest BCUT2D eigenvalue weighted by Gasteiger charge is 1.98. The molecule has 0 aliphatic carbocycles. The third-order valence-corrected chi connectivity index (χ3v) is 2.25. The summed E-state index contributed by atoms with van der Waals surface area (Å²) in [7, 11) is 0. The van der Waals surface area contributed by atoms with Crippen LogP contribution in [-0.4, -0.2) is 34.7 Å². The Labute approximate surface area is 111 Å². The van der Waals surface area contributed by atoms with Gasteiger partial charge in [0.1, 0.15) is 24.5 Å². The second-order valence-corrected chi connectivity index (χ2v) is 3.64. The van der Waals surface area contributed by atoms with E-state index in [9.17, 15) is 0 Å². The van der Waals surface area contributed by atoms with Gasteiger partial charge in [-0.1, -0.05) is 0 Å². The third-order valence-electron chi connectivity index (χ3n) is 2.25. The van der Waals surface area contributed by atoms with Crippen molar-refractivity contribution in [2.75, 3.05) is 25.1 Å². The molecule has 0 aliphatic heterocycles. The van der Waals surface area contributed by atoms with Crippen molar-refractivity contribution in [3.05, 3.63) is 36.9 Å². The van der Waals surface area contributed by atoms with Crippen molar-refractivity contribution in [2.24, 2.45) is 0 Å². The Balaban J connectivity index is 1.75. The Morgan fingerprint density at radius 1 is 1.26 bits per heavy atom. The number of ether oxygens (including phenoxy) is 2. The second kappa shape index (κ2) is 7.15. The van der Waals surface area contributed by atoms with Crippen LogP contribution < -0.4 is 14.8 Å². The SMILES string of the molecule is CCOc1cc(NCCOc2cccnc2)ncn1. The molecule has 100 valence electrons. The topological polar surface area (TPSA) is 69.2 Å². The van der Waals surface area contributed by atoms with E-state index >= 15 is 0 Å². The van der Waals surface area contributed by atoms with Crippen molar-refractivity contribution < 1.29 is 9.47 Å². The van der Waals surface area contributed by atoms with E-state index in [1.165, 1.54) is 6.33 Å². The Morgan fingerprint density at radius 3 is 3.00 bits per heavy atom. The molecule has 0 amide bonds. The van der Waals surface area contributed by atoms with E-state index in [0.717, 1.165) is 5.75 Å². The van der Waals surface area contributed by atoms with Gasteiger partial charge in [0.2, 0.25) is 5.88 Å². The lowest BCUT2D eigenvalue weighted by Gasteiger charge is -2.08. The van der Waals surface area contributed by atoms with Crippen LogP contribution in [0.2, 0.25) is 0 Å². The average molecular weight is 260 g/mol. The predicted molar refractivity (Wildman–Crippen MR) is 71.4 cm³/mol. The molecule has 0 bridgehead atoms. The molecule has 0 saturated carbocycles. The summed E-state index contributed by atoms with van der Waals surface area (Å²) in [6, 6.07) is 5.46. The lowest BCUT2D eigenvalue weighted by molar-refractivity contribution is 0.325. The van der Waals surface area contributed by atoms with E-state index in [0.29, 0.717) is 31.5 Å². The molecule has 0 radical (unpaired) electrons. The molecule has 0 aromatic carbocycles. The fourth-order valence-electron chi connectivity index (χ4n) is 1.44. The molecule has 0 fully saturated rings. The first-order valence-corrected chi connectivity index (χ1v) is 6.10. The van der Waals surface area contributed by atoms with Gasteiger partial charge in [-0.15, -0.1) is 0 Å². The zero-order valence-electron chi connectivity index (χ0n) is 10.7. The Hall–Kier alpha value is -2.37. The van der Waals surface area contributed by atoms with Gasteiger partial charge >= 0.3 is 0 Å². The van der Waals surface area contributed by atoms with Crippen LogP contribution in [0.15, 0.2) is 36.9 Å². The molecule has 19 heavy (non-hydrogen) atoms. The fourth-order valence-corrected chi connectivity index (χ4v) is 1.44. The van der Waals surface area contributed by atoms with Crippen LogP contribution in [0, 0.1) is 0 Å². The smallest absolute Gasteiger partial charge is 0.218 e. The van der Waals surface area contributed by atoms with Gasteiger partial charge in [-0.25, -0.2) is 9.97 Å². The lowest BCUT2D eigenvalue weighted by atomic mass is 10.5. The standard InChI is InChI=1S/C13H16N4O2/c1-2-18-13-8-12(16-10-17-13)15-6-7-19-11-4-3-5-14-9-11/h3-5,8-10H,2,6-7H2,1H3,(H,15,16,17). The van der Waals surface area contributed by atoms with Crippen LogP contribution in [0.1, 0.15) is 6.92 Å². The molecule has 6 nitrogen and oxygen atoms in total. The summed E-state index contributed by atoms with van der Waals surface area (Å²) < 4.78 is 10.8. The molecular weight excluding hydrogens is 244 g/mol. The largest absolute Gasteiger partial charge is 0.490 e. The quantitative estimate of drug-likeness (QED) is 0.765. The molecule has 0 aliphatic rings. The number of pyridine rings is 1. The van der Waals surface area contributed by atoms with Gasteiger partial charge in [-0.05, 0) is 19.1 Å². The summed E-state index contributed by atoms with van der Waals surface area (Å²) >= 11 is 0. The van der Waals surface area contributed by atoms with Gasteiger partial charge in [0.15, 0.2) is 0 Å². The molecule has 2 heterocycles. The number of nitrogens with zero attached hydrogens (tertiary/aromatic N) is 3. The summed E-state index contributed by atoms with van der Waals surface area (Å²) in [5, 5.41) is 3.14. The highest BCUT2D eigenvalue weighted by atomic mass is 16.5. The minimum Gasteiger partial charge on any atom is -0.490 e. The molecule has 6 heteroatoms. The van der Waals surface area contributed by atoms with E-state index in [1.54, 1.807) is 18.5 Å². The van der Waals surface area contributed by atoms with Crippen molar-refractivity contribution in [3.63, 3.8) is 0 Å². The molecule has 2 aromatic heterocycles. The molecule has 2 rings (SSSR count). The van der Waals surface area contributed by atoms with E-state index in [-0.39, 0.29) is 0 Å². The summed E-state index contributed by atoms with van der Waals surface area (Å²) in [5.74, 6) is 2.03. The van der Waals surface area contributed by atoms with Crippen LogP contribution in [0.25, 0.3) is 0 Å². The van der Waals surface area contributed by atoms with E-state index < -0.39 is 0 Å². The van der Waals surface area contributed by atoms with Gasteiger partial charge in [-0.3, -0.25) is 4.98 Å². The van der Waals surface area contributed by atoms with Gasteiger partial charge in [0.05, 0.1) is 19.3 Å². The zero-order chi connectivity index (χ0) is 13.3. The molecular formula is C13H16N4O2. The molecule has 0 spiro atoms. The fraction of sp³-hybridized carbons (Fsp3) is 0.308. The molecule has 0 saturated heterocycles. The van der Waals surface area contributed by atoms with E-state index in [1.807, 2.05) is 19.1 Å². The number of anilines is 1. The second-order valence-electron chi connectivity index (χ2n) is 3.64. The molecule has 0 unspecified atom stereocenters. The predicted octanol–water partition coefficient (Wildman–Crippen LogP) is 1.76. The third kappa shape index (κ3) is 4.42. The number of rotatable bonds is 7.